The van der Waals surface area contributed by atoms with Gasteiger partial charge in [0.2, 0.25) is 0 Å². The van der Waals surface area contributed by atoms with Gasteiger partial charge in [-0.15, -0.1) is 11.8 Å². The number of ether oxygens (including phenoxy) is 1. The van der Waals surface area contributed by atoms with Gasteiger partial charge in [-0.05, 0) is 58.7 Å². The van der Waals surface area contributed by atoms with Crippen LogP contribution in [0.25, 0.3) is 0 Å². The second-order valence-corrected chi connectivity index (χ2v) is 6.19. The monoisotopic (exact) mass is 337 g/mol. The summed E-state index contributed by atoms with van der Waals surface area (Å²) < 4.78 is 6.75. The van der Waals surface area contributed by atoms with Crippen LogP contribution in [-0.2, 0) is 0 Å². The number of nitrogens with two attached hydrogens (primary N) is 1. The Bertz CT molecular complexity index is 560. The van der Waals surface area contributed by atoms with E-state index in [2.05, 4.69) is 28.9 Å². The Kier molecular flexibility index (Phi) is 5.16. The van der Waals surface area contributed by atoms with Crippen molar-refractivity contribution in [3.8, 4) is 5.75 Å². The molecular weight excluding hydrogens is 322 g/mol. The highest BCUT2D eigenvalue weighted by atomic mass is 79.9. The van der Waals surface area contributed by atoms with E-state index in [4.69, 9.17) is 10.5 Å². The third kappa shape index (κ3) is 4.48. The highest BCUT2D eigenvalue weighted by molar-refractivity contribution is 9.10. The Balaban J connectivity index is 1.81. The summed E-state index contributed by atoms with van der Waals surface area (Å²) in [5.41, 5.74) is 7.69. The number of benzene rings is 2. The van der Waals surface area contributed by atoms with Crippen molar-refractivity contribution < 1.29 is 4.74 Å². The molecule has 4 heteroatoms. The van der Waals surface area contributed by atoms with Crippen LogP contribution in [0.15, 0.2) is 51.8 Å². The third-order valence-corrected chi connectivity index (χ3v) is 4.51. The minimum atomic E-state index is 0.685. The Morgan fingerprint density at radius 2 is 2.05 bits per heavy atom. The largest absolute Gasteiger partial charge is 0.493 e. The summed E-state index contributed by atoms with van der Waals surface area (Å²) in [7, 11) is 0. The van der Waals surface area contributed by atoms with Gasteiger partial charge in [0.1, 0.15) is 5.75 Å². The predicted molar refractivity (Wildman–Crippen MR) is 86.0 cm³/mol. The van der Waals surface area contributed by atoms with Gasteiger partial charge in [-0.1, -0.05) is 12.1 Å². The summed E-state index contributed by atoms with van der Waals surface area (Å²) in [6.07, 6.45) is 0. The standard InChI is InChI=1S/C15H16BrNOS/c1-11-3-2-4-13(9-11)18-7-8-19-15-6-5-12(17)10-14(15)16/h2-6,9-10H,7-8,17H2,1H3. The predicted octanol–water partition coefficient (Wildman–Crippen LogP) is 4.51. The molecule has 0 aromatic heterocycles. The van der Waals surface area contributed by atoms with Crippen molar-refractivity contribution in [3.63, 3.8) is 0 Å². The van der Waals surface area contributed by atoms with Gasteiger partial charge in [0, 0.05) is 20.8 Å². The van der Waals surface area contributed by atoms with Gasteiger partial charge in [-0.3, -0.25) is 0 Å². The van der Waals surface area contributed by atoms with Crippen molar-refractivity contribution in [1.29, 1.82) is 0 Å². The third-order valence-electron chi connectivity index (χ3n) is 2.56. The van der Waals surface area contributed by atoms with Gasteiger partial charge in [0.05, 0.1) is 6.61 Å². The van der Waals surface area contributed by atoms with E-state index in [-0.39, 0.29) is 0 Å². The van der Waals surface area contributed by atoms with Crippen LogP contribution >= 0.6 is 27.7 Å². The molecule has 2 aromatic carbocycles. The Hall–Kier alpha value is -1.13. The Morgan fingerprint density at radius 1 is 1.21 bits per heavy atom. The fourth-order valence-corrected chi connectivity index (χ4v) is 3.14. The van der Waals surface area contributed by atoms with E-state index < -0.39 is 0 Å². The zero-order chi connectivity index (χ0) is 13.7. The normalized spacial score (nSPS) is 10.4. The van der Waals surface area contributed by atoms with Crippen molar-refractivity contribution >= 4 is 33.4 Å². The molecule has 19 heavy (non-hydrogen) atoms. The number of aryl methyl sites for hydroxylation is 1. The minimum absolute atomic E-state index is 0.685. The fraction of sp³-hybridized carbons (Fsp3) is 0.200. The van der Waals surface area contributed by atoms with E-state index in [0.717, 1.165) is 21.7 Å². The van der Waals surface area contributed by atoms with Gasteiger partial charge in [0.25, 0.3) is 0 Å². The molecule has 100 valence electrons. The summed E-state index contributed by atoms with van der Waals surface area (Å²) in [6, 6.07) is 14.0. The quantitative estimate of drug-likeness (QED) is 0.495. The van der Waals surface area contributed by atoms with Crippen molar-refractivity contribution in [2.45, 2.75) is 11.8 Å². The molecule has 0 saturated carbocycles. The molecule has 2 rings (SSSR count). The van der Waals surface area contributed by atoms with Crippen molar-refractivity contribution in [2.24, 2.45) is 0 Å². The molecule has 0 saturated heterocycles. The maximum Gasteiger partial charge on any atom is 0.119 e. The lowest BCUT2D eigenvalue weighted by atomic mass is 10.2. The van der Waals surface area contributed by atoms with Crippen LogP contribution in [0, 0.1) is 6.92 Å². The summed E-state index contributed by atoms with van der Waals surface area (Å²) in [5, 5.41) is 0. The molecule has 0 amide bonds. The molecule has 0 bridgehead atoms. The molecule has 2 aromatic rings. The van der Waals surface area contributed by atoms with E-state index in [1.165, 1.54) is 10.5 Å². The number of hydrogen-bond donors (Lipinski definition) is 1. The molecule has 0 unspecified atom stereocenters. The second-order valence-electron chi connectivity index (χ2n) is 4.20. The summed E-state index contributed by atoms with van der Waals surface area (Å²) in [4.78, 5) is 1.18. The lowest BCUT2D eigenvalue weighted by Crippen LogP contribution is -2.00. The van der Waals surface area contributed by atoms with E-state index in [1.54, 1.807) is 11.8 Å². The van der Waals surface area contributed by atoms with Crippen LogP contribution in [-0.4, -0.2) is 12.4 Å². The summed E-state index contributed by atoms with van der Waals surface area (Å²) >= 11 is 5.26. The first-order valence-corrected chi connectivity index (χ1v) is 7.80. The van der Waals surface area contributed by atoms with Crippen LogP contribution in [0.1, 0.15) is 5.56 Å². The summed E-state index contributed by atoms with van der Waals surface area (Å²) in [6.45, 7) is 2.75. The number of anilines is 1. The molecule has 0 aliphatic rings. The molecule has 2 N–H and O–H groups in total. The molecular formula is C15H16BrNOS. The van der Waals surface area contributed by atoms with Crippen molar-refractivity contribution in [2.75, 3.05) is 18.1 Å². The molecule has 0 aliphatic heterocycles. The smallest absolute Gasteiger partial charge is 0.119 e. The van der Waals surface area contributed by atoms with Gasteiger partial charge < -0.3 is 10.5 Å². The van der Waals surface area contributed by atoms with Crippen LogP contribution in [0.2, 0.25) is 0 Å². The van der Waals surface area contributed by atoms with Gasteiger partial charge in [-0.25, -0.2) is 0 Å². The highest BCUT2D eigenvalue weighted by Gasteiger charge is 2.01. The lowest BCUT2D eigenvalue weighted by molar-refractivity contribution is 0.343. The average molecular weight is 338 g/mol. The van der Waals surface area contributed by atoms with Gasteiger partial charge >= 0.3 is 0 Å². The number of thioether (sulfide) groups is 1. The van der Waals surface area contributed by atoms with E-state index in [9.17, 15) is 0 Å². The first-order chi connectivity index (χ1) is 9.15. The van der Waals surface area contributed by atoms with Gasteiger partial charge in [-0.2, -0.15) is 0 Å². The zero-order valence-electron chi connectivity index (χ0n) is 10.7. The first-order valence-electron chi connectivity index (χ1n) is 6.02. The Morgan fingerprint density at radius 3 is 2.79 bits per heavy atom. The molecule has 0 atom stereocenters. The Labute approximate surface area is 126 Å². The van der Waals surface area contributed by atoms with Crippen molar-refractivity contribution in [1.82, 2.24) is 0 Å². The first kappa shape index (κ1) is 14.3. The topological polar surface area (TPSA) is 35.2 Å². The van der Waals surface area contributed by atoms with Crippen LogP contribution in [0.4, 0.5) is 5.69 Å². The molecule has 0 aliphatic carbocycles. The number of nitrogen functional groups attached to an aromatic ring is 1. The zero-order valence-corrected chi connectivity index (χ0v) is 13.1. The number of halogens is 1. The van der Waals surface area contributed by atoms with E-state index >= 15 is 0 Å². The molecule has 0 heterocycles. The summed E-state index contributed by atoms with van der Waals surface area (Å²) in [5.74, 6) is 1.83. The average Bonchev–Trinajstić information content (AvgIpc) is 2.37. The minimum Gasteiger partial charge on any atom is -0.493 e. The molecule has 2 nitrogen and oxygen atoms in total. The van der Waals surface area contributed by atoms with Crippen LogP contribution in [0.5, 0.6) is 5.75 Å². The fourth-order valence-electron chi connectivity index (χ4n) is 1.65. The van der Waals surface area contributed by atoms with Gasteiger partial charge in [0.15, 0.2) is 0 Å². The van der Waals surface area contributed by atoms with E-state index in [0.29, 0.717) is 6.61 Å². The SMILES string of the molecule is Cc1cccc(OCCSc2ccc(N)cc2Br)c1. The lowest BCUT2D eigenvalue weighted by Gasteiger charge is -2.08. The number of hydrogen-bond acceptors (Lipinski definition) is 3. The van der Waals surface area contributed by atoms with E-state index in [1.807, 2.05) is 36.4 Å². The molecule has 0 radical (unpaired) electrons. The van der Waals surface area contributed by atoms with Crippen LogP contribution in [0.3, 0.4) is 0 Å². The molecule has 0 spiro atoms. The maximum atomic E-state index is 5.71. The molecule has 0 fully saturated rings. The maximum absolute atomic E-state index is 5.71. The van der Waals surface area contributed by atoms with Crippen LogP contribution < -0.4 is 10.5 Å². The number of rotatable bonds is 5. The second kappa shape index (κ2) is 6.87. The highest BCUT2D eigenvalue weighted by Crippen LogP contribution is 2.29. The van der Waals surface area contributed by atoms with Crippen molar-refractivity contribution in [3.05, 3.63) is 52.5 Å².